The van der Waals surface area contributed by atoms with Gasteiger partial charge in [0.05, 0.1) is 0 Å². The molecule has 1 amide bonds. The number of carbonyl (C=O) groups is 1. The molecule has 0 saturated carbocycles. The first kappa shape index (κ1) is 17.7. The summed E-state index contributed by atoms with van der Waals surface area (Å²) in [4.78, 5) is 15.0. The van der Waals surface area contributed by atoms with Gasteiger partial charge in [0.15, 0.2) is 0 Å². The fraction of sp³-hybridized carbons (Fsp3) is 0.316. The summed E-state index contributed by atoms with van der Waals surface area (Å²) in [7, 11) is 0. The van der Waals surface area contributed by atoms with Crippen LogP contribution < -0.4 is 10.2 Å². The second kappa shape index (κ2) is 7.43. The molecule has 1 N–H and O–H groups in total. The maximum Gasteiger partial charge on any atom is 0.261 e. The zero-order chi connectivity index (χ0) is 18.7. The number of aromatic nitrogens is 2. The molecule has 3 rings (SSSR count). The van der Waals surface area contributed by atoms with Crippen molar-refractivity contribution in [3.05, 3.63) is 47.4 Å². The molecule has 0 aliphatic heterocycles. The molecule has 0 radical (unpaired) electrons. The normalized spacial score (nSPS) is 10.8. The maximum absolute atomic E-state index is 12.7. The molecule has 0 bridgehead atoms. The van der Waals surface area contributed by atoms with Crippen molar-refractivity contribution >= 4 is 17.3 Å². The molecule has 0 unspecified atom stereocenters. The molecular formula is C19H22N4O3. The predicted octanol–water partition coefficient (Wildman–Crippen LogP) is 4.04. The highest BCUT2D eigenvalue weighted by Gasteiger charge is 2.24. The Kier molecular flexibility index (Phi) is 5.06. The van der Waals surface area contributed by atoms with E-state index in [1.54, 1.807) is 19.9 Å². The van der Waals surface area contributed by atoms with Crippen LogP contribution in [0.3, 0.4) is 0 Å². The van der Waals surface area contributed by atoms with Crippen molar-refractivity contribution in [2.24, 2.45) is 0 Å². The fourth-order valence-corrected chi connectivity index (χ4v) is 2.83. The number of nitrogens with one attached hydrogen (secondary N) is 1. The fourth-order valence-electron chi connectivity index (χ4n) is 2.83. The van der Waals surface area contributed by atoms with Crippen LogP contribution in [-0.4, -0.2) is 29.3 Å². The summed E-state index contributed by atoms with van der Waals surface area (Å²) in [5, 5.41) is 10.8. The van der Waals surface area contributed by atoms with E-state index < -0.39 is 0 Å². The van der Waals surface area contributed by atoms with Gasteiger partial charge in [-0.3, -0.25) is 4.79 Å². The Labute approximate surface area is 152 Å². The Hall–Kier alpha value is -3.09. The van der Waals surface area contributed by atoms with Crippen LogP contribution >= 0.6 is 0 Å². The molecule has 2 heterocycles. The summed E-state index contributed by atoms with van der Waals surface area (Å²) >= 11 is 0. The van der Waals surface area contributed by atoms with E-state index in [1.165, 1.54) is 0 Å². The van der Waals surface area contributed by atoms with Gasteiger partial charge in [0.1, 0.15) is 28.5 Å². The highest BCUT2D eigenvalue weighted by Crippen LogP contribution is 2.26. The zero-order valence-electron chi connectivity index (χ0n) is 15.4. The number of hydrogen-bond acceptors (Lipinski definition) is 6. The van der Waals surface area contributed by atoms with Gasteiger partial charge in [0, 0.05) is 30.5 Å². The molecule has 0 aliphatic rings. The van der Waals surface area contributed by atoms with Crippen molar-refractivity contribution in [2.75, 3.05) is 23.3 Å². The van der Waals surface area contributed by atoms with E-state index in [4.69, 9.17) is 9.05 Å². The SMILES string of the molecule is CCN(CC)c1ccc(NC(=O)c2c(-c3cc(C)on3)noc2C)cc1. The van der Waals surface area contributed by atoms with Crippen LogP contribution in [0.5, 0.6) is 0 Å². The molecule has 7 heteroatoms. The van der Waals surface area contributed by atoms with Gasteiger partial charge in [-0.15, -0.1) is 0 Å². The lowest BCUT2D eigenvalue weighted by Gasteiger charge is -2.21. The van der Waals surface area contributed by atoms with E-state index in [0.717, 1.165) is 18.8 Å². The standard InChI is InChI=1S/C19H22N4O3/c1-5-23(6-2)15-9-7-14(8-10-15)20-19(24)17-13(4)26-22-18(17)16-11-12(3)25-21-16/h7-11H,5-6H2,1-4H3,(H,20,24). The summed E-state index contributed by atoms with van der Waals surface area (Å²) in [6.45, 7) is 9.57. The molecule has 0 atom stereocenters. The van der Waals surface area contributed by atoms with Crippen molar-refractivity contribution in [1.82, 2.24) is 10.3 Å². The lowest BCUT2D eigenvalue weighted by Crippen LogP contribution is -2.21. The molecule has 0 spiro atoms. The summed E-state index contributed by atoms with van der Waals surface area (Å²) in [5.41, 5.74) is 3.02. The topological polar surface area (TPSA) is 84.4 Å². The van der Waals surface area contributed by atoms with Gasteiger partial charge in [0.2, 0.25) is 0 Å². The van der Waals surface area contributed by atoms with Crippen LogP contribution in [0.4, 0.5) is 11.4 Å². The van der Waals surface area contributed by atoms with Gasteiger partial charge < -0.3 is 19.3 Å². The number of benzene rings is 1. The quantitative estimate of drug-likeness (QED) is 0.719. The smallest absolute Gasteiger partial charge is 0.261 e. The number of carbonyl (C=O) groups excluding carboxylic acids is 1. The van der Waals surface area contributed by atoms with Crippen molar-refractivity contribution in [3.63, 3.8) is 0 Å². The van der Waals surface area contributed by atoms with Crippen LogP contribution in [0.1, 0.15) is 35.7 Å². The first-order valence-corrected chi connectivity index (χ1v) is 8.59. The van der Waals surface area contributed by atoms with Gasteiger partial charge in [-0.1, -0.05) is 10.3 Å². The molecule has 0 fully saturated rings. The Balaban J connectivity index is 1.82. The van der Waals surface area contributed by atoms with Crippen molar-refractivity contribution in [3.8, 4) is 11.4 Å². The van der Waals surface area contributed by atoms with Gasteiger partial charge in [-0.25, -0.2) is 0 Å². The van der Waals surface area contributed by atoms with Gasteiger partial charge in [-0.05, 0) is 52.0 Å². The minimum Gasteiger partial charge on any atom is -0.372 e. The highest BCUT2D eigenvalue weighted by atomic mass is 16.5. The third-order valence-corrected chi connectivity index (χ3v) is 4.21. The van der Waals surface area contributed by atoms with Crippen LogP contribution in [0.15, 0.2) is 39.4 Å². The summed E-state index contributed by atoms with van der Waals surface area (Å²) in [5.74, 6) is 0.770. The number of anilines is 2. The van der Waals surface area contributed by atoms with E-state index in [-0.39, 0.29) is 5.91 Å². The van der Waals surface area contributed by atoms with E-state index in [1.807, 2.05) is 24.3 Å². The maximum atomic E-state index is 12.7. The summed E-state index contributed by atoms with van der Waals surface area (Å²) < 4.78 is 10.3. The lowest BCUT2D eigenvalue weighted by molar-refractivity contribution is 0.102. The predicted molar refractivity (Wildman–Crippen MR) is 99.4 cm³/mol. The first-order chi connectivity index (χ1) is 12.5. The van der Waals surface area contributed by atoms with Crippen LogP contribution in [0.25, 0.3) is 11.4 Å². The molecule has 2 aromatic heterocycles. The van der Waals surface area contributed by atoms with Gasteiger partial charge >= 0.3 is 0 Å². The third-order valence-electron chi connectivity index (χ3n) is 4.21. The molecule has 1 aromatic carbocycles. The minimum atomic E-state index is -0.296. The highest BCUT2D eigenvalue weighted by molar-refractivity contribution is 6.08. The first-order valence-electron chi connectivity index (χ1n) is 8.59. The largest absolute Gasteiger partial charge is 0.372 e. The van der Waals surface area contributed by atoms with Crippen molar-refractivity contribution < 1.29 is 13.8 Å². The number of nitrogens with zero attached hydrogens (tertiary/aromatic N) is 3. The van der Waals surface area contributed by atoms with E-state index in [0.29, 0.717) is 34.2 Å². The van der Waals surface area contributed by atoms with Crippen molar-refractivity contribution in [1.29, 1.82) is 0 Å². The third kappa shape index (κ3) is 3.46. The zero-order valence-corrected chi connectivity index (χ0v) is 15.4. The Bertz CT molecular complexity index is 892. The number of rotatable bonds is 6. The second-order valence-corrected chi connectivity index (χ2v) is 5.96. The lowest BCUT2D eigenvalue weighted by atomic mass is 10.1. The van der Waals surface area contributed by atoms with E-state index in [2.05, 4.69) is 34.4 Å². The molecular weight excluding hydrogens is 332 g/mol. The summed E-state index contributed by atoms with van der Waals surface area (Å²) in [6.07, 6.45) is 0. The molecule has 0 aliphatic carbocycles. The molecule has 0 saturated heterocycles. The molecule has 26 heavy (non-hydrogen) atoms. The number of amides is 1. The Morgan fingerprint density at radius 2 is 1.77 bits per heavy atom. The van der Waals surface area contributed by atoms with Crippen molar-refractivity contribution in [2.45, 2.75) is 27.7 Å². The summed E-state index contributed by atoms with van der Waals surface area (Å²) in [6, 6.07) is 9.46. The number of aryl methyl sites for hydroxylation is 2. The molecule has 3 aromatic rings. The molecule has 136 valence electrons. The Morgan fingerprint density at radius 3 is 2.35 bits per heavy atom. The molecule has 7 nitrogen and oxygen atoms in total. The van der Waals surface area contributed by atoms with E-state index in [9.17, 15) is 4.79 Å². The monoisotopic (exact) mass is 354 g/mol. The van der Waals surface area contributed by atoms with Gasteiger partial charge in [-0.2, -0.15) is 0 Å². The van der Waals surface area contributed by atoms with Crippen LogP contribution in [0.2, 0.25) is 0 Å². The van der Waals surface area contributed by atoms with E-state index >= 15 is 0 Å². The average Bonchev–Trinajstić information content (AvgIpc) is 3.23. The number of hydrogen-bond donors (Lipinski definition) is 1. The van der Waals surface area contributed by atoms with Gasteiger partial charge in [0.25, 0.3) is 5.91 Å². The minimum absolute atomic E-state index is 0.296. The average molecular weight is 354 g/mol. The van der Waals surface area contributed by atoms with Crippen LogP contribution in [-0.2, 0) is 0 Å². The second-order valence-electron chi connectivity index (χ2n) is 5.96. The van der Waals surface area contributed by atoms with Crippen LogP contribution in [0, 0.1) is 13.8 Å². The Morgan fingerprint density at radius 1 is 1.08 bits per heavy atom.